The van der Waals surface area contributed by atoms with Gasteiger partial charge in [-0.05, 0) is 25.3 Å². The van der Waals surface area contributed by atoms with E-state index in [0.717, 1.165) is 10.8 Å². The molecule has 0 aromatic carbocycles. The summed E-state index contributed by atoms with van der Waals surface area (Å²) < 4.78 is 10.6. The summed E-state index contributed by atoms with van der Waals surface area (Å²) in [7, 11) is 0. The lowest BCUT2D eigenvalue weighted by atomic mass is 10.6. The van der Waals surface area contributed by atoms with Crippen LogP contribution in [0.4, 0.5) is 0 Å². The Hall–Kier alpha value is -0.700. The monoisotopic (exact) mass is 172 g/mol. The van der Waals surface area contributed by atoms with E-state index in [1.807, 2.05) is 25.3 Å². The maximum absolute atomic E-state index is 5.32. The first-order chi connectivity index (χ1) is 5.38. The van der Waals surface area contributed by atoms with Crippen molar-refractivity contribution in [2.24, 2.45) is 0 Å². The van der Waals surface area contributed by atoms with Crippen molar-refractivity contribution in [3.05, 3.63) is 11.4 Å². The molecule has 0 unspecified atom stereocenters. The van der Waals surface area contributed by atoms with Gasteiger partial charge in [0.1, 0.15) is 0 Å². The highest BCUT2D eigenvalue weighted by Crippen LogP contribution is 2.33. The van der Waals surface area contributed by atoms with Gasteiger partial charge >= 0.3 is 0 Å². The third-order valence-corrected chi connectivity index (χ3v) is 1.98. The van der Waals surface area contributed by atoms with Crippen molar-refractivity contribution in [3.8, 4) is 10.8 Å². The van der Waals surface area contributed by atoms with Crippen molar-refractivity contribution in [1.82, 2.24) is 0 Å². The predicted octanol–water partition coefficient (Wildman–Crippen LogP) is 2.55. The average Bonchev–Trinajstić information content (AvgIpc) is 2.39. The summed E-state index contributed by atoms with van der Waals surface area (Å²) in [6.45, 7) is 5.32. The molecule has 0 bridgehead atoms. The molecule has 3 heteroatoms. The highest BCUT2D eigenvalue weighted by molar-refractivity contribution is 7.12. The van der Waals surface area contributed by atoms with Gasteiger partial charge in [-0.3, -0.25) is 0 Å². The van der Waals surface area contributed by atoms with E-state index in [9.17, 15) is 0 Å². The molecule has 0 N–H and O–H groups in total. The Bertz CT molecular complexity index is 187. The van der Waals surface area contributed by atoms with Crippen LogP contribution in [0.5, 0.6) is 10.8 Å². The van der Waals surface area contributed by atoms with Crippen LogP contribution >= 0.6 is 11.3 Å². The van der Waals surface area contributed by atoms with Gasteiger partial charge in [0.15, 0.2) is 5.75 Å². The van der Waals surface area contributed by atoms with Crippen molar-refractivity contribution < 1.29 is 9.47 Å². The third-order valence-electron chi connectivity index (χ3n) is 1.17. The Morgan fingerprint density at radius 1 is 1.27 bits per heavy atom. The van der Waals surface area contributed by atoms with Crippen LogP contribution in [-0.2, 0) is 0 Å². The number of hydrogen-bond donors (Lipinski definition) is 0. The summed E-state index contributed by atoms with van der Waals surface area (Å²) in [5, 5.41) is 2.85. The first-order valence-electron chi connectivity index (χ1n) is 3.71. The minimum Gasteiger partial charge on any atom is -0.489 e. The van der Waals surface area contributed by atoms with Gasteiger partial charge in [0, 0.05) is 0 Å². The van der Waals surface area contributed by atoms with E-state index < -0.39 is 0 Å². The summed E-state index contributed by atoms with van der Waals surface area (Å²) >= 11 is 1.57. The summed E-state index contributed by atoms with van der Waals surface area (Å²) in [6, 6.07) is 1.93. The molecule has 1 aromatic rings. The van der Waals surface area contributed by atoms with Crippen LogP contribution in [-0.4, -0.2) is 13.2 Å². The molecule has 1 rings (SSSR count). The van der Waals surface area contributed by atoms with Gasteiger partial charge in [-0.1, -0.05) is 0 Å². The second-order valence-corrected chi connectivity index (χ2v) is 2.82. The maximum atomic E-state index is 5.32. The van der Waals surface area contributed by atoms with Crippen LogP contribution in [0.1, 0.15) is 13.8 Å². The number of hydrogen-bond acceptors (Lipinski definition) is 3. The van der Waals surface area contributed by atoms with E-state index in [-0.39, 0.29) is 0 Å². The van der Waals surface area contributed by atoms with Crippen LogP contribution in [0.3, 0.4) is 0 Å². The van der Waals surface area contributed by atoms with Crippen LogP contribution in [0, 0.1) is 0 Å². The second-order valence-electron chi connectivity index (χ2n) is 1.94. The average molecular weight is 172 g/mol. The first kappa shape index (κ1) is 8.40. The van der Waals surface area contributed by atoms with Crippen molar-refractivity contribution >= 4 is 11.3 Å². The lowest BCUT2D eigenvalue weighted by molar-refractivity contribution is 0.296. The zero-order chi connectivity index (χ0) is 8.10. The fourth-order valence-electron chi connectivity index (χ4n) is 0.783. The van der Waals surface area contributed by atoms with Crippen LogP contribution in [0.25, 0.3) is 0 Å². The lowest BCUT2D eigenvalue weighted by Crippen LogP contribution is -1.94. The smallest absolute Gasteiger partial charge is 0.216 e. The van der Waals surface area contributed by atoms with Gasteiger partial charge in [-0.25, -0.2) is 0 Å². The van der Waals surface area contributed by atoms with Gasteiger partial charge in [0.2, 0.25) is 5.06 Å². The molecule has 2 nitrogen and oxygen atoms in total. The predicted molar refractivity (Wildman–Crippen MR) is 46.7 cm³/mol. The lowest BCUT2D eigenvalue weighted by Gasteiger charge is -2.03. The molecule has 62 valence electrons. The molecular formula is C8H12O2S. The molecular weight excluding hydrogens is 160 g/mol. The molecule has 0 spiro atoms. The normalized spacial score (nSPS) is 9.64. The van der Waals surface area contributed by atoms with Crippen molar-refractivity contribution in [2.45, 2.75) is 13.8 Å². The van der Waals surface area contributed by atoms with E-state index >= 15 is 0 Å². The molecule has 11 heavy (non-hydrogen) atoms. The molecule has 0 atom stereocenters. The largest absolute Gasteiger partial charge is 0.489 e. The standard InChI is InChI=1S/C8H12O2S/c1-3-9-7-5-6-11-8(7)10-4-2/h5-6H,3-4H2,1-2H3. The topological polar surface area (TPSA) is 18.5 Å². The molecule has 1 aromatic heterocycles. The Balaban J connectivity index is 2.62. The fourth-order valence-corrected chi connectivity index (χ4v) is 1.53. The molecule has 1 heterocycles. The van der Waals surface area contributed by atoms with Gasteiger partial charge in [0.05, 0.1) is 13.2 Å². The zero-order valence-corrected chi connectivity index (χ0v) is 7.61. The first-order valence-corrected chi connectivity index (χ1v) is 4.59. The second kappa shape index (κ2) is 4.23. The Kier molecular flexibility index (Phi) is 3.23. The van der Waals surface area contributed by atoms with Crippen molar-refractivity contribution in [3.63, 3.8) is 0 Å². The van der Waals surface area contributed by atoms with Crippen LogP contribution in [0.2, 0.25) is 0 Å². The van der Waals surface area contributed by atoms with Crippen LogP contribution in [0.15, 0.2) is 11.4 Å². The number of thiophene rings is 1. The van der Waals surface area contributed by atoms with E-state index in [0.29, 0.717) is 13.2 Å². The summed E-state index contributed by atoms with van der Waals surface area (Å²) in [4.78, 5) is 0. The number of ether oxygens (including phenoxy) is 2. The molecule has 0 aliphatic rings. The minimum absolute atomic E-state index is 0.691. The molecule has 0 aliphatic carbocycles. The number of rotatable bonds is 4. The van der Waals surface area contributed by atoms with E-state index in [2.05, 4.69) is 0 Å². The molecule has 0 aliphatic heterocycles. The summed E-state index contributed by atoms with van der Waals surface area (Å²) in [5.41, 5.74) is 0. The Morgan fingerprint density at radius 2 is 2.00 bits per heavy atom. The fraction of sp³-hybridized carbons (Fsp3) is 0.500. The zero-order valence-electron chi connectivity index (χ0n) is 6.79. The highest BCUT2D eigenvalue weighted by Gasteiger charge is 2.03. The Morgan fingerprint density at radius 3 is 2.64 bits per heavy atom. The van der Waals surface area contributed by atoms with Crippen molar-refractivity contribution in [1.29, 1.82) is 0 Å². The van der Waals surface area contributed by atoms with Crippen molar-refractivity contribution in [2.75, 3.05) is 13.2 Å². The van der Waals surface area contributed by atoms with E-state index in [1.165, 1.54) is 0 Å². The van der Waals surface area contributed by atoms with Gasteiger partial charge in [-0.2, -0.15) is 0 Å². The van der Waals surface area contributed by atoms with Crippen LogP contribution < -0.4 is 9.47 Å². The summed E-state index contributed by atoms with van der Waals surface area (Å²) in [6.07, 6.45) is 0. The SMILES string of the molecule is CCOc1ccsc1OCC. The molecule has 0 saturated carbocycles. The molecule has 0 saturated heterocycles. The third kappa shape index (κ3) is 2.12. The maximum Gasteiger partial charge on any atom is 0.216 e. The Labute approximate surface area is 70.8 Å². The molecule has 0 radical (unpaired) electrons. The molecule has 0 fully saturated rings. The minimum atomic E-state index is 0.691. The summed E-state index contributed by atoms with van der Waals surface area (Å²) in [5.74, 6) is 0.861. The highest BCUT2D eigenvalue weighted by atomic mass is 32.1. The van der Waals surface area contributed by atoms with Gasteiger partial charge in [-0.15, -0.1) is 11.3 Å². The molecule has 0 amide bonds. The van der Waals surface area contributed by atoms with E-state index in [1.54, 1.807) is 11.3 Å². The van der Waals surface area contributed by atoms with Gasteiger partial charge in [0.25, 0.3) is 0 Å². The quantitative estimate of drug-likeness (QED) is 0.695. The van der Waals surface area contributed by atoms with Gasteiger partial charge < -0.3 is 9.47 Å². The van der Waals surface area contributed by atoms with E-state index in [4.69, 9.17) is 9.47 Å².